The van der Waals surface area contributed by atoms with Crippen LogP contribution in [0.5, 0.6) is 5.75 Å². The molecule has 1 saturated heterocycles. The molecule has 1 aliphatic heterocycles. The first-order chi connectivity index (χ1) is 10.1. The van der Waals surface area contributed by atoms with Crippen LogP contribution in [-0.4, -0.2) is 37.7 Å². The van der Waals surface area contributed by atoms with Crippen molar-refractivity contribution in [3.05, 3.63) is 29.8 Å². The molecule has 6 heteroatoms. The zero-order valence-electron chi connectivity index (χ0n) is 11.8. The van der Waals surface area contributed by atoms with Crippen LogP contribution >= 0.6 is 0 Å². The lowest BCUT2D eigenvalue weighted by Gasteiger charge is -2.22. The van der Waals surface area contributed by atoms with E-state index in [1.165, 1.54) is 0 Å². The van der Waals surface area contributed by atoms with Crippen LogP contribution in [0.3, 0.4) is 0 Å². The van der Waals surface area contributed by atoms with Crippen molar-refractivity contribution in [1.82, 2.24) is 5.32 Å². The topological polar surface area (TPSA) is 90.7 Å². The summed E-state index contributed by atoms with van der Waals surface area (Å²) in [6.07, 6.45) is 3.32. The van der Waals surface area contributed by atoms with Crippen molar-refractivity contribution in [1.29, 1.82) is 0 Å². The molecule has 0 spiro atoms. The third-order valence-electron chi connectivity index (χ3n) is 3.31. The molecule has 1 fully saturated rings. The van der Waals surface area contributed by atoms with E-state index >= 15 is 0 Å². The van der Waals surface area contributed by atoms with Gasteiger partial charge in [0.05, 0.1) is 6.10 Å². The van der Waals surface area contributed by atoms with Crippen LogP contribution in [0, 0.1) is 0 Å². The maximum absolute atomic E-state index is 11.7. The van der Waals surface area contributed by atoms with Crippen molar-refractivity contribution >= 4 is 11.8 Å². The molecule has 1 heterocycles. The smallest absolute Gasteiger partial charge is 0.258 e. The van der Waals surface area contributed by atoms with E-state index in [0.29, 0.717) is 17.9 Å². The molecule has 1 atom stereocenters. The first-order valence-electron chi connectivity index (χ1n) is 7.06. The number of nitrogens with two attached hydrogens (primary N) is 1. The lowest BCUT2D eigenvalue weighted by Crippen LogP contribution is -2.37. The maximum Gasteiger partial charge on any atom is 0.258 e. The normalized spacial score (nSPS) is 18.0. The molecule has 0 aromatic heterocycles. The van der Waals surface area contributed by atoms with Crippen molar-refractivity contribution < 1.29 is 19.1 Å². The Hall–Kier alpha value is -2.08. The molecule has 0 saturated carbocycles. The van der Waals surface area contributed by atoms with Gasteiger partial charge in [0.1, 0.15) is 5.75 Å². The fourth-order valence-corrected chi connectivity index (χ4v) is 2.11. The second kappa shape index (κ2) is 7.64. The Labute approximate surface area is 123 Å². The lowest BCUT2D eigenvalue weighted by atomic mass is 10.1. The molecule has 0 aliphatic carbocycles. The summed E-state index contributed by atoms with van der Waals surface area (Å²) in [4.78, 5) is 22.6. The van der Waals surface area contributed by atoms with Gasteiger partial charge in [0.15, 0.2) is 6.61 Å². The van der Waals surface area contributed by atoms with E-state index in [4.69, 9.17) is 15.2 Å². The summed E-state index contributed by atoms with van der Waals surface area (Å²) < 4.78 is 10.9. The van der Waals surface area contributed by atoms with Gasteiger partial charge in [-0.1, -0.05) is 0 Å². The zero-order valence-corrected chi connectivity index (χ0v) is 11.8. The fourth-order valence-electron chi connectivity index (χ4n) is 2.11. The Kier molecular flexibility index (Phi) is 5.57. The molecule has 3 N–H and O–H groups in total. The van der Waals surface area contributed by atoms with E-state index in [9.17, 15) is 9.59 Å². The predicted molar refractivity (Wildman–Crippen MR) is 77.1 cm³/mol. The van der Waals surface area contributed by atoms with Crippen LogP contribution in [0.4, 0.5) is 0 Å². The molecule has 114 valence electrons. The monoisotopic (exact) mass is 292 g/mol. The van der Waals surface area contributed by atoms with Crippen LogP contribution < -0.4 is 15.8 Å². The number of nitrogens with one attached hydrogen (secondary N) is 1. The minimum atomic E-state index is -0.494. The summed E-state index contributed by atoms with van der Waals surface area (Å²) in [6, 6.07) is 6.34. The molecule has 0 bridgehead atoms. The predicted octanol–water partition coefficient (Wildman–Crippen LogP) is 0.850. The van der Waals surface area contributed by atoms with Gasteiger partial charge in [0.2, 0.25) is 5.91 Å². The standard InChI is InChI=1S/C15H20N2O4/c16-15(19)11-4-6-12(7-5-11)21-10-14(18)17-9-13-3-1-2-8-20-13/h4-7,13H,1-3,8-10H2,(H2,16,19)(H,17,18). The first kappa shape index (κ1) is 15.3. The summed E-state index contributed by atoms with van der Waals surface area (Å²) >= 11 is 0. The van der Waals surface area contributed by atoms with E-state index in [-0.39, 0.29) is 18.6 Å². The summed E-state index contributed by atoms with van der Waals surface area (Å²) in [5.74, 6) is -0.168. The van der Waals surface area contributed by atoms with Gasteiger partial charge in [0.25, 0.3) is 5.91 Å². The van der Waals surface area contributed by atoms with Crippen LogP contribution in [-0.2, 0) is 9.53 Å². The summed E-state index contributed by atoms with van der Waals surface area (Å²) in [7, 11) is 0. The maximum atomic E-state index is 11.7. The van der Waals surface area contributed by atoms with E-state index in [1.54, 1.807) is 24.3 Å². The Bertz CT molecular complexity index is 481. The van der Waals surface area contributed by atoms with Gasteiger partial charge in [-0.2, -0.15) is 0 Å². The highest BCUT2D eigenvalue weighted by Gasteiger charge is 2.14. The SMILES string of the molecule is NC(=O)c1ccc(OCC(=O)NCC2CCCCO2)cc1. The van der Waals surface area contributed by atoms with Gasteiger partial charge in [-0.05, 0) is 43.5 Å². The number of benzene rings is 1. The molecule has 21 heavy (non-hydrogen) atoms. The summed E-state index contributed by atoms with van der Waals surface area (Å²) in [5.41, 5.74) is 5.54. The highest BCUT2D eigenvalue weighted by Crippen LogP contribution is 2.12. The molecule has 6 nitrogen and oxygen atoms in total. The number of amides is 2. The molecule has 2 amide bonds. The zero-order chi connectivity index (χ0) is 15.1. The third kappa shape index (κ3) is 5.07. The Morgan fingerprint density at radius 1 is 1.29 bits per heavy atom. The summed E-state index contributed by atoms with van der Waals surface area (Å²) in [5, 5.41) is 2.79. The second-order valence-corrected chi connectivity index (χ2v) is 4.97. The van der Waals surface area contributed by atoms with E-state index < -0.39 is 5.91 Å². The van der Waals surface area contributed by atoms with Gasteiger partial charge in [0, 0.05) is 18.7 Å². The number of hydrogen-bond donors (Lipinski definition) is 2. The minimum Gasteiger partial charge on any atom is -0.484 e. The van der Waals surface area contributed by atoms with Gasteiger partial charge < -0.3 is 20.5 Å². The molecule has 1 aromatic rings. The Morgan fingerprint density at radius 2 is 2.05 bits per heavy atom. The quantitative estimate of drug-likeness (QED) is 0.813. The van der Waals surface area contributed by atoms with E-state index in [1.807, 2.05) is 0 Å². The van der Waals surface area contributed by atoms with Crippen molar-refractivity contribution in [2.45, 2.75) is 25.4 Å². The number of primary amides is 1. The average molecular weight is 292 g/mol. The van der Waals surface area contributed by atoms with Crippen LogP contribution in [0.15, 0.2) is 24.3 Å². The lowest BCUT2D eigenvalue weighted by molar-refractivity contribution is -0.124. The molecular formula is C15H20N2O4. The van der Waals surface area contributed by atoms with Crippen LogP contribution in [0.1, 0.15) is 29.6 Å². The minimum absolute atomic E-state index is 0.0668. The number of rotatable bonds is 6. The average Bonchev–Trinajstić information content (AvgIpc) is 2.52. The first-order valence-corrected chi connectivity index (χ1v) is 7.06. The molecule has 1 aromatic carbocycles. The van der Waals surface area contributed by atoms with Gasteiger partial charge in [-0.25, -0.2) is 0 Å². The molecule has 0 radical (unpaired) electrons. The van der Waals surface area contributed by atoms with E-state index in [2.05, 4.69) is 5.32 Å². The number of hydrogen-bond acceptors (Lipinski definition) is 4. The van der Waals surface area contributed by atoms with Crippen molar-refractivity contribution in [2.24, 2.45) is 5.73 Å². The molecule has 2 rings (SSSR count). The van der Waals surface area contributed by atoms with Gasteiger partial charge >= 0.3 is 0 Å². The number of carbonyl (C=O) groups is 2. The number of carbonyl (C=O) groups excluding carboxylic acids is 2. The third-order valence-corrected chi connectivity index (χ3v) is 3.31. The number of ether oxygens (including phenoxy) is 2. The largest absolute Gasteiger partial charge is 0.484 e. The van der Waals surface area contributed by atoms with Crippen molar-refractivity contribution in [3.8, 4) is 5.75 Å². The molecule has 1 aliphatic rings. The Morgan fingerprint density at radius 3 is 2.67 bits per heavy atom. The van der Waals surface area contributed by atoms with Crippen LogP contribution in [0.25, 0.3) is 0 Å². The van der Waals surface area contributed by atoms with Crippen molar-refractivity contribution in [3.63, 3.8) is 0 Å². The van der Waals surface area contributed by atoms with Gasteiger partial charge in [-0.3, -0.25) is 9.59 Å². The van der Waals surface area contributed by atoms with E-state index in [0.717, 1.165) is 25.9 Å². The van der Waals surface area contributed by atoms with Crippen molar-refractivity contribution in [2.75, 3.05) is 19.8 Å². The van der Waals surface area contributed by atoms with Gasteiger partial charge in [-0.15, -0.1) is 0 Å². The Balaban J connectivity index is 1.69. The summed E-state index contributed by atoms with van der Waals surface area (Å²) in [6.45, 7) is 1.22. The molecular weight excluding hydrogens is 272 g/mol. The highest BCUT2D eigenvalue weighted by atomic mass is 16.5. The highest BCUT2D eigenvalue weighted by molar-refractivity contribution is 5.92. The fraction of sp³-hybridized carbons (Fsp3) is 0.467. The second-order valence-electron chi connectivity index (χ2n) is 4.97. The molecule has 1 unspecified atom stereocenters. The van der Waals surface area contributed by atoms with Crippen LogP contribution in [0.2, 0.25) is 0 Å².